The van der Waals surface area contributed by atoms with Crippen molar-refractivity contribution in [2.24, 2.45) is 10.3 Å². The topological polar surface area (TPSA) is 61.2 Å². The van der Waals surface area contributed by atoms with Crippen LogP contribution in [0.25, 0.3) is 0 Å². The largest absolute Gasteiger partial charge is 0.497 e. The van der Waals surface area contributed by atoms with Crippen LogP contribution in [0, 0.1) is 0 Å². The van der Waals surface area contributed by atoms with Crippen LogP contribution in [0.3, 0.4) is 0 Å². The second kappa shape index (κ2) is 10.7. The van der Waals surface area contributed by atoms with Gasteiger partial charge in [-0.05, 0) is 39.3 Å². The number of methoxy groups -OCH3 is 1. The SMILES string of the molecule is C=CCNC(C)[C@H]1CN(CCC(Nc2cccc(OC)c2)/C(C)=C/C)N=N1. The van der Waals surface area contributed by atoms with E-state index in [-0.39, 0.29) is 12.1 Å². The van der Waals surface area contributed by atoms with E-state index in [1.165, 1.54) is 5.57 Å². The van der Waals surface area contributed by atoms with Gasteiger partial charge in [-0.1, -0.05) is 29.0 Å². The Balaban J connectivity index is 1.90. The minimum absolute atomic E-state index is 0.192. The van der Waals surface area contributed by atoms with Crippen molar-refractivity contribution < 1.29 is 4.74 Å². The first kappa shape index (κ1) is 21.0. The van der Waals surface area contributed by atoms with Crippen molar-refractivity contribution in [2.45, 2.75) is 45.3 Å². The van der Waals surface area contributed by atoms with E-state index >= 15 is 0 Å². The molecule has 0 bridgehead atoms. The highest BCUT2D eigenvalue weighted by Gasteiger charge is 2.25. The predicted octanol–water partition coefficient (Wildman–Crippen LogP) is 4.05. The zero-order valence-corrected chi connectivity index (χ0v) is 17.0. The van der Waals surface area contributed by atoms with Crippen molar-refractivity contribution >= 4 is 5.69 Å². The molecule has 0 saturated heterocycles. The highest BCUT2D eigenvalue weighted by molar-refractivity contribution is 5.50. The molecule has 2 rings (SSSR count). The van der Waals surface area contributed by atoms with Gasteiger partial charge in [-0.2, -0.15) is 5.11 Å². The second-order valence-corrected chi connectivity index (χ2v) is 6.92. The quantitative estimate of drug-likeness (QED) is 0.576. The molecule has 0 amide bonds. The third kappa shape index (κ3) is 6.40. The van der Waals surface area contributed by atoms with Gasteiger partial charge in [-0.3, -0.25) is 5.01 Å². The highest BCUT2D eigenvalue weighted by atomic mass is 16.5. The molecule has 0 aliphatic carbocycles. The van der Waals surface area contributed by atoms with Gasteiger partial charge in [0.05, 0.1) is 13.7 Å². The maximum Gasteiger partial charge on any atom is 0.120 e. The van der Waals surface area contributed by atoms with Crippen LogP contribution in [0.1, 0.15) is 27.2 Å². The van der Waals surface area contributed by atoms with E-state index in [1.54, 1.807) is 7.11 Å². The van der Waals surface area contributed by atoms with Crippen molar-refractivity contribution in [1.82, 2.24) is 10.3 Å². The second-order valence-electron chi connectivity index (χ2n) is 6.92. The molecule has 148 valence electrons. The Hall–Kier alpha value is -2.34. The first-order valence-corrected chi connectivity index (χ1v) is 9.60. The Bertz CT molecular complexity index is 658. The van der Waals surface area contributed by atoms with E-state index in [9.17, 15) is 0 Å². The molecule has 1 aliphatic heterocycles. The molecule has 3 atom stereocenters. The minimum atomic E-state index is 0.192. The molecular formula is C21H33N5O. The van der Waals surface area contributed by atoms with Gasteiger partial charge in [0.1, 0.15) is 11.8 Å². The fraction of sp³-hybridized carbons (Fsp3) is 0.524. The molecule has 0 saturated carbocycles. The predicted molar refractivity (Wildman–Crippen MR) is 112 cm³/mol. The first-order valence-electron chi connectivity index (χ1n) is 9.60. The number of ether oxygens (including phenoxy) is 1. The van der Waals surface area contributed by atoms with E-state index in [1.807, 2.05) is 24.3 Å². The molecule has 0 radical (unpaired) electrons. The number of benzene rings is 1. The zero-order valence-electron chi connectivity index (χ0n) is 17.0. The van der Waals surface area contributed by atoms with Crippen LogP contribution < -0.4 is 15.4 Å². The van der Waals surface area contributed by atoms with Crippen molar-refractivity contribution in [3.05, 3.63) is 48.6 Å². The van der Waals surface area contributed by atoms with Crippen LogP contribution >= 0.6 is 0 Å². The highest BCUT2D eigenvalue weighted by Crippen LogP contribution is 2.21. The maximum atomic E-state index is 5.32. The first-order chi connectivity index (χ1) is 13.1. The lowest BCUT2D eigenvalue weighted by atomic mass is 10.0. The van der Waals surface area contributed by atoms with Crippen LogP contribution in [-0.2, 0) is 0 Å². The molecule has 2 unspecified atom stereocenters. The van der Waals surface area contributed by atoms with Gasteiger partial charge in [-0.25, -0.2) is 0 Å². The Kier molecular flexibility index (Phi) is 8.33. The van der Waals surface area contributed by atoms with Crippen LogP contribution in [0.5, 0.6) is 5.75 Å². The zero-order chi connectivity index (χ0) is 19.6. The van der Waals surface area contributed by atoms with Gasteiger partial charge >= 0.3 is 0 Å². The lowest BCUT2D eigenvalue weighted by molar-refractivity contribution is 0.291. The molecule has 1 aromatic carbocycles. The fourth-order valence-electron chi connectivity index (χ4n) is 3.03. The van der Waals surface area contributed by atoms with E-state index in [2.05, 4.69) is 65.5 Å². The number of nitrogens with zero attached hydrogens (tertiary/aromatic N) is 3. The smallest absolute Gasteiger partial charge is 0.120 e. The summed E-state index contributed by atoms with van der Waals surface area (Å²) in [5.74, 6) is 0.856. The number of nitrogens with one attached hydrogen (secondary N) is 2. The summed E-state index contributed by atoms with van der Waals surface area (Å²) in [5.41, 5.74) is 2.37. The Morgan fingerprint density at radius 3 is 3.00 bits per heavy atom. The number of allylic oxidation sites excluding steroid dienone is 1. The standard InChI is InChI=1S/C21H33N5O/c1-6-12-22-17(4)21-15-26(25-24-21)13-11-20(16(3)7-2)23-18-9-8-10-19(14-18)27-5/h6-10,14,17,20-23H,1,11-13,15H2,2-5H3/b16-7+/t17?,20?,21-/m1/s1. The molecule has 1 heterocycles. The fourth-order valence-corrected chi connectivity index (χ4v) is 3.03. The molecular weight excluding hydrogens is 338 g/mol. The van der Waals surface area contributed by atoms with Crippen molar-refractivity contribution in [2.75, 3.05) is 32.1 Å². The van der Waals surface area contributed by atoms with Crippen LogP contribution in [0.15, 0.2) is 58.9 Å². The third-order valence-electron chi connectivity index (χ3n) is 4.98. The molecule has 1 aromatic rings. The summed E-state index contributed by atoms with van der Waals surface area (Å²) in [6.07, 6.45) is 4.98. The number of hydrogen-bond acceptors (Lipinski definition) is 6. The number of rotatable bonds is 11. The van der Waals surface area contributed by atoms with Gasteiger partial charge in [0.25, 0.3) is 0 Å². The summed E-state index contributed by atoms with van der Waals surface area (Å²) in [6.45, 7) is 12.6. The van der Waals surface area contributed by atoms with E-state index in [0.717, 1.165) is 37.5 Å². The van der Waals surface area contributed by atoms with Gasteiger partial charge < -0.3 is 15.4 Å². The van der Waals surface area contributed by atoms with Crippen molar-refractivity contribution in [3.63, 3.8) is 0 Å². The van der Waals surface area contributed by atoms with E-state index in [4.69, 9.17) is 4.74 Å². The molecule has 6 nitrogen and oxygen atoms in total. The summed E-state index contributed by atoms with van der Waals surface area (Å²) in [7, 11) is 1.69. The normalized spacial score (nSPS) is 19.0. The monoisotopic (exact) mass is 371 g/mol. The Morgan fingerprint density at radius 2 is 2.30 bits per heavy atom. The van der Waals surface area contributed by atoms with Gasteiger partial charge in [-0.15, -0.1) is 6.58 Å². The molecule has 1 aliphatic rings. The van der Waals surface area contributed by atoms with Crippen molar-refractivity contribution in [3.8, 4) is 5.75 Å². The van der Waals surface area contributed by atoms with Gasteiger partial charge in [0.2, 0.25) is 0 Å². The maximum absolute atomic E-state index is 5.32. The number of hydrogen-bond donors (Lipinski definition) is 2. The summed E-state index contributed by atoms with van der Waals surface area (Å²) in [6, 6.07) is 8.77. The van der Waals surface area contributed by atoms with E-state index in [0.29, 0.717) is 6.04 Å². The summed E-state index contributed by atoms with van der Waals surface area (Å²) < 4.78 is 5.32. The van der Waals surface area contributed by atoms with Gasteiger partial charge in [0, 0.05) is 36.9 Å². The molecule has 0 aromatic heterocycles. The van der Waals surface area contributed by atoms with Crippen LogP contribution in [-0.4, -0.2) is 49.9 Å². The van der Waals surface area contributed by atoms with Crippen LogP contribution in [0.4, 0.5) is 5.69 Å². The summed E-state index contributed by atoms with van der Waals surface area (Å²) in [4.78, 5) is 0. The van der Waals surface area contributed by atoms with Crippen molar-refractivity contribution in [1.29, 1.82) is 0 Å². The van der Waals surface area contributed by atoms with E-state index < -0.39 is 0 Å². The lowest BCUT2D eigenvalue weighted by Crippen LogP contribution is -2.40. The molecule has 0 spiro atoms. The average Bonchev–Trinajstić information content (AvgIpc) is 3.17. The molecule has 27 heavy (non-hydrogen) atoms. The molecule has 6 heteroatoms. The molecule has 0 fully saturated rings. The average molecular weight is 372 g/mol. The molecule has 2 N–H and O–H groups in total. The Morgan fingerprint density at radius 1 is 1.48 bits per heavy atom. The van der Waals surface area contributed by atoms with Crippen LogP contribution in [0.2, 0.25) is 0 Å². The van der Waals surface area contributed by atoms with Gasteiger partial charge in [0.15, 0.2) is 0 Å². The number of anilines is 1. The summed E-state index contributed by atoms with van der Waals surface area (Å²) in [5, 5.41) is 17.9. The lowest BCUT2D eigenvalue weighted by Gasteiger charge is -2.24. The Labute approximate surface area is 163 Å². The minimum Gasteiger partial charge on any atom is -0.497 e. The third-order valence-corrected chi connectivity index (χ3v) is 4.98. The summed E-state index contributed by atoms with van der Waals surface area (Å²) >= 11 is 0.